The molecule has 1 amide bonds. The summed E-state index contributed by atoms with van der Waals surface area (Å²) in [4.78, 5) is 16.7. The largest absolute Gasteiger partial charge is 0.332 e. The molecule has 0 bridgehead atoms. The Morgan fingerprint density at radius 2 is 1.73 bits per heavy atom. The van der Waals surface area contributed by atoms with Crippen LogP contribution < -0.4 is 4.90 Å². The fraction of sp³-hybridized carbons (Fsp3) is 0.222. The zero-order valence-corrected chi connectivity index (χ0v) is 13.1. The first-order valence-corrected chi connectivity index (χ1v) is 7.84. The maximum absolute atomic E-state index is 12.9. The smallest absolute Gasteiger partial charge is 0.256 e. The zero-order chi connectivity index (χ0) is 15.3. The maximum atomic E-state index is 12.9. The predicted molar refractivity (Wildman–Crippen MR) is 90.7 cm³/mol. The zero-order valence-electron chi connectivity index (χ0n) is 12.3. The van der Waals surface area contributed by atoms with Crippen LogP contribution in [0.15, 0.2) is 48.5 Å². The summed E-state index contributed by atoms with van der Waals surface area (Å²) in [6.45, 7) is 2.73. The van der Waals surface area contributed by atoms with Gasteiger partial charge in [0.15, 0.2) is 5.11 Å². The van der Waals surface area contributed by atoms with Crippen LogP contribution in [0.4, 0.5) is 5.69 Å². The van der Waals surface area contributed by atoms with Gasteiger partial charge >= 0.3 is 0 Å². The van der Waals surface area contributed by atoms with Crippen LogP contribution in [0.2, 0.25) is 0 Å². The second kappa shape index (κ2) is 4.92. The second-order valence-corrected chi connectivity index (χ2v) is 6.22. The summed E-state index contributed by atoms with van der Waals surface area (Å²) < 4.78 is 0. The lowest BCUT2D eigenvalue weighted by Crippen LogP contribution is -2.39. The SMILES string of the molecule is Cc1ccccc1N1C(=O)C2Cc3ccccc3CN2C1=S. The maximum Gasteiger partial charge on any atom is 0.256 e. The molecule has 0 aliphatic carbocycles. The molecule has 0 radical (unpaired) electrons. The molecule has 0 saturated carbocycles. The Bertz CT molecular complexity index is 743. The first-order chi connectivity index (χ1) is 10.7. The van der Waals surface area contributed by atoms with Crippen molar-refractivity contribution in [2.75, 3.05) is 4.90 Å². The number of para-hydroxylation sites is 1. The highest BCUT2D eigenvalue weighted by atomic mass is 32.1. The molecule has 22 heavy (non-hydrogen) atoms. The van der Waals surface area contributed by atoms with Gasteiger partial charge in [-0.25, -0.2) is 0 Å². The van der Waals surface area contributed by atoms with E-state index in [9.17, 15) is 4.79 Å². The van der Waals surface area contributed by atoms with Crippen molar-refractivity contribution in [2.45, 2.75) is 25.9 Å². The number of nitrogens with zero attached hydrogens (tertiary/aromatic N) is 2. The van der Waals surface area contributed by atoms with Crippen molar-refractivity contribution in [2.24, 2.45) is 0 Å². The summed E-state index contributed by atoms with van der Waals surface area (Å²) in [5.74, 6) is 0.0915. The van der Waals surface area contributed by atoms with Crippen molar-refractivity contribution in [3.05, 3.63) is 65.2 Å². The van der Waals surface area contributed by atoms with Crippen molar-refractivity contribution in [3.63, 3.8) is 0 Å². The molecule has 2 aliphatic rings. The summed E-state index contributed by atoms with van der Waals surface area (Å²) >= 11 is 5.62. The van der Waals surface area contributed by atoms with Gasteiger partial charge in [-0.2, -0.15) is 0 Å². The number of hydrogen-bond acceptors (Lipinski definition) is 2. The molecule has 3 nitrogen and oxygen atoms in total. The molecule has 1 atom stereocenters. The Balaban J connectivity index is 1.75. The van der Waals surface area contributed by atoms with E-state index in [2.05, 4.69) is 17.0 Å². The van der Waals surface area contributed by atoms with E-state index in [0.717, 1.165) is 17.7 Å². The van der Waals surface area contributed by atoms with Crippen LogP contribution in [0.25, 0.3) is 0 Å². The molecule has 110 valence electrons. The molecule has 2 aliphatic heterocycles. The molecular formula is C18H16N2OS. The van der Waals surface area contributed by atoms with Gasteiger partial charge in [0.05, 0.1) is 5.69 Å². The highest BCUT2D eigenvalue weighted by Crippen LogP contribution is 2.34. The Labute approximate surface area is 135 Å². The minimum absolute atomic E-state index is 0.0915. The number of fused-ring (bicyclic) bond motifs is 2. The molecule has 0 aromatic heterocycles. The van der Waals surface area contributed by atoms with Crippen LogP contribution in [-0.2, 0) is 17.8 Å². The topological polar surface area (TPSA) is 23.6 Å². The monoisotopic (exact) mass is 308 g/mol. The lowest BCUT2D eigenvalue weighted by atomic mass is 9.95. The van der Waals surface area contributed by atoms with Crippen LogP contribution in [0.1, 0.15) is 16.7 Å². The van der Waals surface area contributed by atoms with E-state index in [1.807, 2.05) is 43.3 Å². The molecule has 2 heterocycles. The third-order valence-corrected chi connectivity index (χ3v) is 4.96. The molecule has 4 rings (SSSR count). The van der Waals surface area contributed by atoms with Crippen molar-refractivity contribution in [3.8, 4) is 0 Å². The first kappa shape index (κ1) is 13.5. The summed E-state index contributed by atoms with van der Waals surface area (Å²) in [6, 6.07) is 16.0. The number of carbonyl (C=O) groups excluding carboxylic acids is 1. The molecule has 4 heteroatoms. The Morgan fingerprint density at radius 1 is 1.05 bits per heavy atom. The number of rotatable bonds is 1. The van der Waals surface area contributed by atoms with Gasteiger partial charge < -0.3 is 4.90 Å². The first-order valence-electron chi connectivity index (χ1n) is 7.44. The molecule has 1 saturated heterocycles. The lowest BCUT2D eigenvalue weighted by molar-refractivity contribution is -0.120. The standard InChI is InChI=1S/C18H16N2OS/c1-12-6-2-5-9-15(12)20-17(21)16-10-13-7-3-4-8-14(13)11-19(16)18(20)22/h2-9,16H,10-11H2,1H3. The van der Waals surface area contributed by atoms with Crippen LogP contribution in [0.3, 0.4) is 0 Å². The van der Waals surface area contributed by atoms with Crippen molar-refractivity contribution >= 4 is 28.9 Å². The van der Waals surface area contributed by atoms with Gasteiger partial charge in [0, 0.05) is 13.0 Å². The van der Waals surface area contributed by atoms with Gasteiger partial charge in [0.25, 0.3) is 5.91 Å². The van der Waals surface area contributed by atoms with Crippen LogP contribution in [-0.4, -0.2) is 22.0 Å². The molecular weight excluding hydrogens is 292 g/mol. The van der Waals surface area contributed by atoms with E-state index in [0.29, 0.717) is 11.7 Å². The molecule has 1 fully saturated rings. The normalized spacial score (nSPS) is 20.1. The predicted octanol–water partition coefficient (Wildman–Crippen LogP) is 3.05. The molecule has 2 aromatic rings. The van der Waals surface area contributed by atoms with Crippen LogP contribution >= 0.6 is 12.2 Å². The summed E-state index contributed by atoms with van der Waals surface area (Å²) in [6.07, 6.45) is 0.734. The van der Waals surface area contributed by atoms with Crippen LogP contribution in [0.5, 0.6) is 0 Å². The van der Waals surface area contributed by atoms with E-state index in [-0.39, 0.29) is 11.9 Å². The average molecular weight is 308 g/mol. The van der Waals surface area contributed by atoms with Crippen molar-refractivity contribution in [1.82, 2.24) is 4.90 Å². The van der Waals surface area contributed by atoms with Gasteiger partial charge in [-0.1, -0.05) is 42.5 Å². The quantitative estimate of drug-likeness (QED) is 0.757. The summed E-state index contributed by atoms with van der Waals surface area (Å²) in [7, 11) is 0. The highest BCUT2D eigenvalue weighted by Gasteiger charge is 2.45. The fourth-order valence-electron chi connectivity index (χ4n) is 3.35. The van der Waals surface area contributed by atoms with E-state index in [4.69, 9.17) is 12.2 Å². The van der Waals surface area contributed by atoms with Gasteiger partial charge in [0.2, 0.25) is 0 Å². The third-order valence-electron chi connectivity index (χ3n) is 4.55. The lowest BCUT2D eigenvalue weighted by Gasteiger charge is -2.30. The number of anilines is 1. The van der Waals surface area contributed by atoms with Gasteiger partial charge in [-0.3, -0.25) is 9.69 Å². The number of hydrogen-bond donors (Lipinski definition) is 0. The minimum Gasteiger partial charge on any atom is -0.332 e. The van der Waals surface area contributed by atoms with E-state index in [1.165, 1.54) is 11.1 Å². The van der Waals surface area contributed by atoms with E-state index in [1.54, 1.807) is 4.90 Å². The molecule has 1 unspecified atom stereocenters. The average Bonchev–Trinajstić information content (AvgIpc) is 2.77. The van der Waals surface area contributed by atoms with E-state index >= 15 is 0 Å². The summed E-state index contributed by atoms with van der Waals surface area (Å²) in [5, 5.41) is 0.624. The van der Waals surface area contributed by atoms with Crippen molar-refractivity contribution < 1.29 is 4.79 Å². The number of amides is 1. The van der Waals surface area contributed by atoms with Crippen LogP contribution in [0, 0.1) is 6.92 Å². The number of thiocarbonyl (C=S) groups is 1. The van der Waals surface area contributed by atoms with Gasteiger partial charge in [0.1, 0.15) is 6.04 Å². The highest BCUT2D eigenvalue weighted by molar-refractivity contribution is 7.80. The number of carbonyl (C=O) groups is 1. The van der Waals surface area contributed by atoms with Gasteiger partial charge in [-0.05, 0) is 41.9 Å². The van der Waals surface area contributed by atoms with Crippen molar-refractivity contribution in [1.29, 1.82) is 0 Å². The third kappa shape index (κ3) is 1.87. The summed E-state index contributed by atoms with van der Waals surface area (Å²) in [5.41, 5.74) is 4.48. The van der Waals surface area contributed by atoms with Gasteiger partial charge in [-0.15, -0.1) is 0 Å². The molecule has 0 N–H and O–H groups in total. The fourth-order valence-corrected chi connectivity index (χ4v) is 3.73. The number of aryl methyl sites for hydroxylation is 1. The molecule has 2 aromatic carbocycles. The Kier molecular flexibility index (Phi) is 3.01. The minimum atomic E-state index is -0.165. The Hall–Kier alpha value is -2.20. The van der Waals surface area contributed by atoms with E-state index < -0.39 is 0 Å². The second-order valence-electron chi connectivity index (χ2n) is 5.86. The number of benzene rings is 2. The Morgan fingerprint density at radius 3 is 2.50 bits per heavy atom. The molecule has 0 spiro atoms.